The number of aromatic nitrogens is 1. The third-order valence-electron chi connectivity index (χ3n) is 4.82. The van der Waals surface area contributed by atoms with Gasteiger partial charge in [-0.15, -0.1) is 0 Å². The molecule has 1 unspecified atom stereocenters. The Kier molecular flexibility index (Phi) is 5.71. The number of halogens is 1. The monoisotopic (exact) mass is 352 g/mol. The fraction of sp³-hybridized carbons (Fsp3) is 0.318. The van der Waals surface area contributed by atoms with Crippen LogP contribution in [0.5, 0.6) is 0 Å². The molecular weight excluding hydrogens is 327 g/mol. The van der Waals surface area contributed by atoms with Crippen molar-refractivity contribution < 1.29 is 9.18 Å². The maximum absolute atomic E-state index is 13.4. The van der Waals surface area contributed by atoms with Gasteiger partial charge in [-0.1, -0.05) is 43.7 Å². The van der Waals surface area contributed by atoms with Crippen LogP contribution in [0.25, 0.3) is 10.9 Å². The minimum Gasteiger partial charge on any atom is -0.356 e. The van der Waals surface area contributed by atoms with Gasteiger partial charge in [0.2, 0.25) is 5.91 Å². The summed E-state index contributed by atoms with van der Waals surface area (Å²) < 4.78 is 15.5. The SMILES string of the molecule is CCCCNC(=O)CC(c1ccc(F)cc1)c1cn(C)c2ccccc12. The molecule has 0 radical (unpaired) electrons. The van der Waals surface area contributed by atoms with Crippen molar-refractivity contribution in [1.29, 1.82) is 0 Å². The van der Waals surface area contributed by atoms with E-state index in [-0.39, 0.29) is 17.6 Å². The van der Waals surface area contributed by atoms with E-state index < -0.39 is 0 Å². The summed E-state index contributed by atoms with van der Waals surface area (Å²) in [5, 5.41) is 4.13. The fourth-order valence-electron chi connectivity index (χ4n) is 3.42. The van der Waals surface area contributed by atoms with Crippen LogP contribution in [0.3, 0.4) is 0 Å². The number of rotatable bonds is 7. The number of nitrogens with one attached hydrogen (secondary N) is 1. The Morgan fingerprint density at radius 1 is 1.15 bits per heavy atom. The maximum Gasteiger partial charge on any atom is 0.220 e. The molecule has 3 rings (SSSR count). The van der Waals surface area contributed by atoms with E-state index in [1.54, 1.807) is 12.1 Å². The first-order valence-corrected chi connectivity index (χ1v) is 9.16. The second kappa shape index (κ2) is 8.17. The van der Waals surface area contributed by atoms with Crippen molar-refractivity contribution in [3.63, 3.8) is 0 Å². The van der Waals surface area contributed by atoms with Gasteiger partial charge in [0.25, 0.3) is 0 Å². The topological polar surface area (TPSA) is 34.0 Å². The van der Waals surface area contributed by atoms with Crippen molar-refractivity contribution in [2.45, 2.75) is 32.1 Å². The van der Waals surface area contributed by atoms with Crippen molar-refractivity contribution >= 4 is 16.8 Å². The van der Waals surface area contributed by atoms with Crippen molar-refractivity contribution in [2.24, 2.45) is 7.05 Å². The lowest BCUT2D eigenvalue weighted by Gasteiger charge is -2.17. The molecule has 0 bridgehead atoms. The molecule has 0 saturated heterocycles. The number of para-hydroxylation sites is 1. The summed E-state index contributed by atoms with van der Waals surface area (Å²) in [6, 6.07) is 14.6. The quantitative estimate of drug-likeness (QED) is 0.612. The van der Waals surface area contributed by atoms with E-state index >= 15 is 0 Å². The van der Waals surface area contributed by atoms with E-state index in [0.717, 1.165) is 34.9 Å². The first-order chi connectivity index (χ1) is 12.6. The molecule has 3 aromatic rings. The molecule has 1 N–H and O–H groups in total. The molecule has 1 heterocycles. The first-order valence-electron chi connectivity index (χ1n) is 9.16. The van der Waals surface area contributed by atoms with E-state index in [2.05, 4.69) is 35.1 Å². The third-order valence-corrected chi connectivity index (χ3v) is 4.82. The maximum atomic E-state index is 13.4. The van der Waals surface area contributed by atoms with Crippen molar-refractivity contribution in [3.8, 4) is 0 Å². The summed E-state index contributed by atoms with van der Waals surface area (Å²) in [5.41, 5.74) is 3.18. The second-order valence-electron chi connectivity index (χ2n) is 6.72. The van der Waals surface area contributed by atoms with Gasteiger partial charge in [-0.05, 0) is 35.7 Å². The number of aryl methyl sites for hydroxylation is 1. The molecule has 0 saturated carbocycles. The highest BCUT2D eigenvalue weighted by Gasteiger charge is 2.22. The molecule has 0 aliphatic heterocycles. The number of nitrogens with zero attached hydrogens (tertiary/aromatic N) is 1. The van der Waals surface area contributed by atoms with Gasteiger partial charge < -0.3 is 9.88 Å². The van der Waals surface area contributed by atoms with Gasteiger partial charge in [0.15, 0.2) is 0 Å². The summed E-state index contributed by atoms with van der Waals surface area (Å²) in [5.74, 6) is -0.346. The molecule has 2 aromatic carbocycles. The summed E-state index contributed by atoms with van der Waals surface area (Å²) >= 11 is 0. The van der Waals surface area contributed by atoms with E-state index in [1.807, 2.05) is 19.2 Å². The highest BCUT2D eigenvalue weighted by molar-refractivity contribution is 5.86. The summed E-state index contributed by atoms with van der Waals surface area (Å²) in [6.45, 7) is 2.80. The molecule has 4 heteroatoms. The van der Waals surface area contributed by atoms with E-state index in [0.29, 0.717) is 13.0 Å². The molecule has 1 atom stereocenters. The van der Waals surface area contributed by atoms with E-state index in [9.17, 15) is 9.18 Å². The molecule has 0 spiro atoms. The van der Waals surface area contributed by atoms with Gasteiger partial charge in [0.1, 0.15) is 5.82 Å². The molecule has 136 valence electrons. The van der Waals surface area contributed by atoms with E-state index in [4.69, 9.17) is 0 Å². The van der Waals surface area contributed by atoms with Crippen LogP contribution in [0.2, 0.25) is 0 Å². The van der Waals surface area contributed by atoms with Crippen molar-refractivity contribution in [2.75, 3.05) is 6.54 Å². The average Bonchev–Trinajstić information content (AvgIpc) is 2.98. The molecule has 0 aliphatic carbocycles. The third kappa shape index (κ3) is 3.96. The molecular formula is C22H25FN2O. The fourth-order valence-corrected chi connectivity index (χ4v) is 3.42. The first kappa shape index (κ1) is 18.2. The van der Waals surface area contributed by atoms with Crippen LogP contribution < -0.4 is 5.32 Å². The van der Waals surface area contributed by atoms with Gasteiger partial charge >= 0.3 is 0 Å². The Balaban J connectivity index is 1.97. The number of hydrogen-bond donors (Lipinski definition) is 1. The van der Waals surface area contributed by atoms with Crippen LogP contribution in [0.1, 0.15) is 43.2 Å². The molecule has 3 nitrogen and oxygen atoms in total. The zero-order chi connectivity index (χ0) is 18.5. The lowest BCUT2D eigenvalue weighted by molar-refractivity contribution is -0.121. The highest BCUT2D eigenvalue weighted by Crippen LogP contribution is 2.34. The Hall–Kier alpha value is -2.62. The number of fused-ring (bicyclic) bond motifs is 1. The Bertz CT molecular complexity index is 883. The predicted octanol–water partition coefficient (Wildman–Crippen LogP) is 4.76. The van der Waals surface area contributed by atoms with Crippen LogP contribution in [-0.4, -0.2) is 17.0 Å². The number of unbranched alkanes of at least 4 members (excludes halogenated alkanes) is 1. The minimum absolute atomic E-state index is 0.0284. The standard InChI is InChI=1S/C22H25FN2O/c1-3-4-13-24-22(26)14-19(16-9-11-17(23)12-10-16)20-15-25(2)21-8-6-5-7-18(20)21/h5-12,15,19H,3-4,13-14H2,1-2H3,(H,24,26). The average molecular weight is 352 g/mol. The Morgan fingerprint density at radius 3 is 2.62 bits per heavy atom. The molecule has 1 aromatic heterocycles. The van der Waals surface area contributed by atoms with Gasteiger partial charge in [-0.25, -0.2) is 4.39 Å². The summed E-state index contributed by atoms with van der Waals surface area (Å²) in [4.78, 5) is 12.5. The van der Waals surface area contributed by atoms with Gasteiger partial charge in [0, 0.05) is 43.0 Å². The number of benzene rings is 2. The lowest BCUT2D eigenvalue weighted by atomic mass is 9.88. The predicted molar refractivity (Wildman–Crippen MR) is 104 cm³/mol. The number of carbonyl (C=O) groups is 1. The molecule has 0 fully saturated rings. The second-order valence-corrected chi connectivity index (χ2v) is 6.72. The number of hydrogen-bond acceptors (Lipinski definition) is 1. The van der Waals surface area contributed by atoms with Crippen LogP contribution >= 0.6 is 0 Å². The number of amides is 1. The minimum atomic E-state index is -0.266. The normalized spacial score (nSPS) is 12.3. The molecule has 26 heavy (non-hydrogen) atoms. The smallest absolute Gasteiger partial charge is 0.220 e. The number of carbonyl (C=O) groups excluding carboxylic acids is 1. The van der Waals surface area contributed by atoms with Crippen LogP contribution in [0.4, 0.5) is 4.39 Å². The van der Waals surface area contributed by atoms with Crippen LogP contribution in [0, 0.1) is 5.82 Å². The Labute approximate surface area is 153 Å². The van der Waals surface area contributed by atoms with Crippen molar-refractivity contribution in [1.82, 2.24) is 9.88 Å². The van der Waals surface area contributed by atoms with Gasteiger partial charge in [-0.3, -0.25) is 4.79 Å². The van der Waals surface area contributed by atoms with Gasteiger partial charge in [0.05, 0.1) is 0 Å². The molecule has 1 amide bonds. The Morgan fingerprint density at radius 2 is 1.88 bits per heavy atom. The van der Waals surface area contributed by atoms with E-state index in [1.165, 1.54) is 12.1 Å². The largest absolute Gasteiger partial charge is 0.356 e. The summed E-state index contributed by atoms with van der Waals surface area (Å²) in [7, 11) is 2.01. The van der Waals surface area contributed by atoms with Gasteiger partial charge in [-0.2, -0.15) is 0 Å². The van der Waals surface area contributed by atoms with Crippen molar-refractivity contribution in [3.05, 3.63) is 71.7 Å². The summed E-state index contributed by atoms with van der Waals surface area (Å²) in [6.07, 6.45) is 4.45. The highest BCUT2D eigenvalue weighted by atomic mass is 19.1. The zero-order valence-corrected chi connectivity index (χ0v) is 15.3. The zero-order valence-electron chi connectivity index (χ0n) is 15.3. The van der Waals surface area contributed by atoms with Crippen LogP contribution in [-0.2, 0) is 11.8 Å². The molecule has 0 aliphatic rings. The van der Waals surface area contributed by atoms with Crippen LogP contribution in [0.15, 0.2) is 54.7 Å². The lowest BCUT2D eigenvalue weighted by Crippen LogP contribution is -2.26.